The van der Waals surface area contributed by atoms with E-state index in [1.165, 1.54) is 0 Å². The maximum atomic E-state index is 10.9. The van der Waals surface area contributed by atoms with Crippen molar-refractivity contribution in [2.75, 3.05) is 33.2 Å². The van der Waals surface area contributed by atoms with Crippen molar-refractivity contribution in [3.63, 3.8) is 0 Å². The maximum absolute atomic E-state index is 10.9. The largest absolute Gasteiger partial charge is 0.452 e. The second kappa shape index (κ2) is 5.88. The van der Waals surface area contributed by atoms with Gasteiger partial charge in [-0.05, 0) is 56.5 Å². The predicted molar refractivity (Wildman–Crippen MR) is 93.2 cm³/mol. The fraction of sp³-hybridized carbons (Fsp3) is 0.579. The highest BCUT2D eigenvalue weighted by molar-refractivity contribution is 6.03. The Kier molecular flexibility index (Phi) is 3.83. The van der Waals surface area contributed by atoms with E-state index in [9.17, 15) is 4.79 Å². The quantitative estimate of drug-likeness (QED) is 0.801. The minimum absolute atomic E-state index is 0.289. The van der Waals surface area contributed by atoms with E-state index in [1.54, 1.807) is 6.07 Å². The first-order chi connectivity index (χ1) is 11.6. The third-order valence-electron chi connectivity index (χ3n) is 5.71. The first-order valence-electron chi connectivity index (χ1n) is 8.87. The molecular formula is C19H25N3O2. The fourth-order valence-corrected chi connectivity index (χ4v) is 3.89. The normalized spacial score (nSPS) is 30.8. The number of hydrogen-bond donors (Lipinski definition) is 0. The lowest BCUT2D eigenvalue weighted by molar-refractivity contribution is 0.110. The van der Waals surface area contributed by atoms with E-state index in [0.717, 1.165) is 69.0 Å². The zero-order valence-electron chi connectivity index (χ0n) is 14.5. The second-order valence-electron chi connectivity index (χ2n) is 7.64. The summed E-state index contributed by atoms with van der Waals surface area (Å²) < 4.78 is 5.69. The number of aliphatic imine (C=N–C) groups is 1. The van der Waals surface area contributed by atoms with Gasteiger partial charge in [-0.15, -0.1) is 0 Å². The van der Waals surface area contributed by atoms with Gasteiger partial charge < -0.3 is 14.2 Å². The van der Waals surface area contributed by atoms with E-state index in [-0.39, 0.29) is 5.41 Å². The molecule has 1 aromatic heterocycles. The van der Waals surface area contributed by atoms with Crippen LogP contribution >= 0.6 is 0 Å². The van der Waals surface area contributed by atoms with Crippen LogP contribution in [0.2, 0.25) is 0 Å². The van der Waals surface area contributed by atoms with Crippen LogP contribution in [-0.2, 0) is 0 Å². The summed E-state index contributed by atoms with van der Waals surface area (Å²) in [7, 11) is 2.18. The van der Waals surface area contributed by atoms with Crippen molar-refractivity contribution in [3.05, 3.63) is 35.6 Å². The van der Waals surface area contributed by atoms with E-state index in [1.807, 2.05) is 6.07 Å². The van der Waals surface area contributed by atoms with Gasteiger partial charge in [-0.1, -0.05) is 6.92 Å². The van der Waals surface area contributed by atoms with E-state index in [4.69, 9.17) is 9.41 Å². The van der Waals surface area contributed by atoms with Gasteiger partial charge in [0.1, 0.15) is 11.6 Å². The first-order valence-corrected chi connectivity index (χ1v) is 8.87. The van der Waals surface area contributed by atoms with Crippen molar-refractivity contribution >= 4 is 12.0 Å². The molecule has 0 bridgehead atoms. The van der Waals surface area contributed by atoms with Crippen molar-refractivity contribution in [3.8, 4) is 0 Å². The SMILES string of the molecule is CN1CCCN(C2=CCC3(C)CC3C(c3ccc(C=O)o3)=N2)CC1. The summed E-state index contributed by atoms with van der Waals surface area (Å²) in [6.45, 7) is 6.59. The van der Waals surface area contributed by atoms with Crippen molar-refractivity contribution in [2.45, 2.75) is 26.2 Å². The molecule has 5 heteroatoms. The third-order valence-corrected chi connectivity index (χ3v) is 5.71. The number of furan rings is 1. The molecule has 1 saturated heterocycles. The van der Waals surface area contributed by atoms with Gasteiger partial charge >= 0.3 is 0 Å². The Morgan fingerprint density at radius 1 is 1.29 bits per heavy atom. The molecule has 24 heavy (non-hydrogen) atoms. The molecule has 5 nitrogen and oxygen atoms in total. The van der Waals surface area contributed by atoms with Crippen LogP contribution in [0.3, 0.4) is 0 Å². The molecule has 1 aromatic rings. The van der Waals surface area contributed by atoms with Crippen molar-refractivity contribution in [2.24, 2.45) is 16.3 Å². The summed E-state index contributed by atoms with van der Waals surface area (Å²) in [5.74, 6) is 2.65. The Bertz CT molecular complexity index is 705. The number of allylic oxidation sites excluding steroid dienone is 1. The molecule has 2 aliphatic heterocycles. The Morgan fingerprint density at radius 3 is 2.96 bits per heavy atom. The lowest BCUT2D eigenvalue weighted by Crippen LogP contribution is -2.28. The summed E-state index contributed by atoms with van der Waals surface area (Å²) in [4.78, 5) is 20.8. The number of carbonyl (C=O) groups is 1. The van der Waals surface area contributed by atoms with Crippen LogP contribution < -0.4 is 0 Å². The van der Waals surface area contributed by atoms with Crippen molar-refractivity contribution in [1.29, 1.82) is 0 Å². The number of rotatable bonds is 3. The van der Waals surface area contributed by atoms with Gasteiger partial charge in [0.25, 0.3) is 0 Å². The minimum atomic E-state index is 0.289. The van der Waals surface area contributed by atoms with Gasteiger partial charge in [-0.3, -0.25) is 4.79 Å². The molecule has 0 N–H and O–H groups in total. The highest BCUT2D eigenvalue weighted by Crippen LogP contribution is 2.58. The third kappa shape index (κ3) is 2.81. The molecule has 3 heterocycles. The lowest BCUT2D eigenvalue weighted by Gasteiger charge is -2.23. The molecule has 2 atom stereocenters. The molecule has 4 rings (SSSR count). The van der Waals surface area contributed by atoms with E-state index >= 15 is 0 Å². The van der Waals surface area contributed by atoms with Gasteiger partial charge in [0.05, 0.1) is 5.71 Å². The summed E-state index contributed by atoms with van der Waals surface area (Å²) in [5.41, 5.74) is 1.31. The van der Waals surface area contributed by atoms with Crippen LogP contribution in [0.1, 0.15) is 42.5 Å². The lowest BCUT2D eigenvalue weighted by atomic mass is 9.99. The molecule has 0 spiro atoms. The number of aldehydes is 1. The molecule has 2 unspecified atom stereocenters. The van der Waals surface area contributed by atoms with Gasteiger partial charge in [0.15, 0.2) is 12.0 Å². The predicted octanol–water partition coefficient (Wildman–Crippen LogP) is 2.79. The molecule has 3 aliphatic rings. The Balaban J connectivity index is 1.65. The Labute approximate surface area is 143 Å². The van der Waals surface area contributed by atoms with E-state index < -0.39 is 0 Å². The average Bonchev–Trinajstić information content (AvgIpc) is 3.12. The highest BCUT2D eigenvalue weighted by atomic mass is 16.3. The summed E-state index contributed by atoms with van der Waals surface area (Å²) in [6.07, 6.45) is 6.44. The Morgan fingerprint density at radius 2 is 2.17 bits per heavy atom. The molecule has 2 fully saturated rings. The second-order valence-corrected chi connectivity index (χ2v) is 7.64. The number of hydrogen-bond acceptors (Lipinski definition) is 5. The van der Waals surface area contributed by atoms with Gasteiger partial charge in [0, 0.05) is 25.6 Å². The fourth-order valence-electron chi connectivity index (χ4n) is 3.89. The van der Waals surface area contributed by atoms with E-state index in [0.29, 0.717) is 11.7 Å². The Hall–Kier alpha value is -1.88. The number of nitrogens with zero attached hydrogens (tertiary/aromatic N) is 3. The number of carbonyl (C=O) groups excluding carboxylic acids is 1. The summed E-state index contributed by atoms with van der Waals surface area (Å²) in [6, 6.07) is 3.63. The highest BCUT2D eigenvalue weighted by Gasteiger charge is 2.54. The topological polar surface area (TPSA) is 49.0 Å². The van der Waals surface area contributed by atoms with Gasteiger partial charge in [0.2, 0.25) is 0 Å². The average molecular weight is 327 g/mol. The molecule has 1 saturated carbocycles. The number of likely N-dealkylation sites (N-methyl/N-ethyl adjacent to an activating group) is 1. The van der Waals surface area contributed by atoms with Crippen LogP contribution in [0.25, 0.3) is 0 Å². The zero-order valence-corrected chi connectivity index (χ0v) is 14.5. The van der Waals surface area contributed by atoms with Crippen molar-refractivity contribution < 1.29 is 9.21 Å². The molecule has 0 radical (unpaired) electrons. The monoisotopic (exact) mass is 327 g/mol. The smallest absolute Gasteiger partial charge is 0.185 e. The summed E-state index contributed by atoms with van der Waals surface area (Å²) in [5, 5.41) is 0. The molecule has 0 amide bonds. The van der Waals surface area contributed by atoms with Crippen molar-refractivity contribution in [1.82, 2.24) is 9.80 Å². The maximum Gasteiger partial charge on any atom is 0.185 e. The number of fused-ring (bicyclic) bond motifs is 1. The first kappa shape index (κ1) is 15.6. The molecule has 128 valence electrons. The minimum Gasteiger partial charge on any atom is -0.452 e. The zero-order chi connectivity index (χ0) is 16.7. The standard InChI is InChI=1S/C19H25N3O2/c1-19-7-6-17(22-9-3-8-21(2)10-11-22)20-18(15(19)12-19)16-5-4-14(13-23)24-16/h4-6,13,15H,3,7-12H2,1-2H3. The molecule has 1 aliphatic carbocycles. The molecule has 0 aromatic carbocycles. The van der Waals surface area contributed by atoms with Gasteiger partial charge in [-0.2, -0.15) is 0 Å². The van der Waals surface area contributed by atoms with Crippen LogP contribution in [0.4, 0.5) is 0 Å². The van der Waals surface area contributed by atoms with Gasteiger partial charge in [-0.25, -0.2) is 4.99 Å². The summed E-state index contributed by atoms with van der Waals surface area (Å²) >= 11 is 0. The van der Waals surface area contributed by atoms with Crippen LogP contribution in [0, 0.1) is 11.3 Å². The van der Waals surface area contributed by atoms with Crippen LogP contribution in [0.15, 0.2) is 33.4 Å². The van der Waals surface area contributed by atoms with Crippen LogP contribution in [0.5, 0.6) is 0 Å². The van der Waals surface area contributed by atoms with E-state index in [2.05, 4.69) is 29.8 Å². The van der Waals surface area contributed by atoms with Crippen LogP contribution in [-0.4, -0.2) is 55.0 Å². The molecular weight excluding hydrogens is 302 g/mol.